The number of carbonyl (C=O) groups is 1. The van der Waals surface area contributed by atoms with Crippen molar-refractivity contribution >= 4 is 11.6 Å². The normalized spacial score (nSPS) is 10.8. The number of hydrogen-bond acceptors (Lipinski definition) is 4. The fourth-order valence-electron chi connectivity index (χ4n) is 1.93. The highest BCUT2D eigenvalue weighted by Crippen LogP contribution is 2.21. The lowest BCUT2D eigenvalue weighted by Gasteiger charge is -2.05. The quantitative estimate of drug-likeness (QED) is 0.790. The van der Waals surface area contributed by atoms with Crippen LogP contribution in [0, 0.1) is 6.92 Å². The highest BCUT2D eigenvalue weighted by atomic mass is 16.1. The second-order valence-corrected chi connectivity index (χ2v) is 5.01. The van der Waals surface area contributed by atoms with Crippen LogP contribution in [0.1, 0.15) is 47.3 Å². The van der Waals surface area contributed by atoms with E-state index in [4.69, 9.17) is 5.73 Å². The number of nitrogens with one attached hydrogen (secondary N) is 2. The van der Waals surface area contributed by atoms with Gasteiger partial charge in [-0.25, -0.2) is 0 Å². The Kier molecular flexibility index (Phi) is 4.02. The molecule has 0 aliphatic rings. The maximum absolute atomic E-state index is 12.1. The van der Waals surface area contributed by atoms with E-state index in [9.17, 15) is 4.79 Å². The number of aryl methyl sites for hydroxylation is 1. The lowest BCUT2D eigenvalue weighted by atomic mass is 10.1. The van der Waals surface area contributed by atoms with Crippen LogP contribution >= 0.6 is 0 Å². The minimum atomic E-state index is -0.297. The Balaban J connectivity index is 2.05. The number of rotatable bonds is 4. The van der Waals surface area contributed by atoms with Gasteiger partial charge in [0, 0.05) is 5.69 Å². The van der Waals surface area contributed by atoms with E-state index in [-0.39, 0.29) is 17.5 Å². The molecule has 0 unspecified atom stereocenters. The monoisotopic (exact) mass is 273 g/mol. The molecule has 0 saturated heterocycles. The summed E-state index contributed by atoms with van der Waals surface area (Å²) < 4.78 is 0. The van der Waals surface area contributed by atoms with Gasteiger partial charge in [0.05, 0.1) is 23.6 Å². The summed E-state index contributed by atoms with van der Waals surface area (Å²) in [5.41, 5.74) is 9.08. The lowest BCUT2D eigenvalue weighted by molar-refractivity contribution is 0.0946. The van der Waals surface area contributed by atoms with E-state index in [0.29, 0.717) is 12.2 Å². The molecular weight excluding hydrogens is 254 g/mol. The molecule has 0 atom stereocenters. The molecule has 0 aliphatic carbocycles. The van der Waals surface area contributed by atoms with Crippen molar-refractivity contribution in [3.05, 3.63) is 41.0 Å². The van der Waals surface area contributed by atoms with Gasteiger partial charge >= 0.3 is 0 Å². The van der Waals surface area contributed by atoms with Gasteiger partial charge in [-0.1, -0.05) is 19.9 Å². The van der Waals surface area contributed by atoms with Gasteiger partial charge in [-0.15, -0.1) is 0 Å². The van der Waals surface area contributed by atoms with Gasteiger partial charge in [0.2, 0.25) is 0 Å². The summed E-state index contributed by atoms with van der Waals surface area (Å²) in [6, 6.07) is 5.68. The first-order chi connectivity index (χ1) is 9.49. The molecule has 6 heteroatoms. The summed E-state index contributed by atoms with van der Waals surface area (Å²) in [5, 5.41) is 9.57. The predicted molar refractivity (Wildman–Crippen MR) is 77.2 cm³/mol. The highest BCUT2D eigenvalue weighted by molar-refractivity contribution is 5.97. The van der Waals surface area contributed by atoms with Crippen molar-refractivity contribution < 1.29 is 4.79 Å². The number of aromatic amines is 1. The van der Waals surface area contributed by atoms with Gasteiger partial charge in [-0.2, -0.15) is 5.10 Å². The fourth-order valence-corrected chi connectivity index (χ4v) is 1.93. The lowest BCUT2D eigenvalue weighted by Crippen LogP contribution is -2.24. The SMILES string of the molecule is Cc1cccc(CNC(=O)c2n[nH]c(C(C)C)c2N)n1. The number of nitrogens with two attached hydrogens (primary N) is 1. The summed E-state index contributed by atoms with van der Waals surface area (Å²) in [6.07, 6.45) is 0. The fraction of sp³-hybridized carbons (Fsp3) is 0.357. The molecule has 0 bridgehead atoms. The number of pyridine rings is 1. The minimum absolute atomic E-state index is 0.197. The van der Waals surface area contributed by atoms with Crippen molar-refractivity contribution in [2.24, 2.45) is 0 Å². The van der Waals surface area contributed by atoms with E-state index in [1.54, 1.807) is 0 Å². The zero-order chi connectivity index (χ0) is 14.7. The van der Waals surface area contributed by atoms with Gasteiger partial charge in [-0.3, -0.25) is 14.9 Å². The Morgan fingerprint density at radius 2 is 2.20 bits per heavy atom. The molecule has 1 amide bonds. The molecule has 0 saturated carbocycles. The van der Waals surface area contributed by atoms with Crippen LogP contribution < -0.4 is 11.1 Å². The van der Waals surface area contributed by atoms with Crippen LogP contribution in [0.2, 0.25) is 0 Å². The summed E-state index contributed by atoms with van der Waals surface area (Å²) >= 11 is 0. The number of amides is 1. The second-order valence-electron chi connectivity index (χ2n) is 5.01. The smallest absolute Gasteiger partial charge is 0.274 e. The van der Waals surface area contributed by atoms with Crippen molar-refractivity contribution in [2.45, 2.75) is 33.2 Å². The molecule has 2 aromatic rings. The Hall–Kier alpha value is -2.37. The average molecular weight is 273 g/mol. The van der Waals surface area contributed by atoms with Gasteiger partial charge in [-0.05, 0) is 25.0 Å². The maximum Gasteiger partial charge on any atom is 0.274 e. The third-order valence-electron chi connectivity index (χ3n) is 3.00. The number of aromatic nitrogens is 3. The van der Waals surface area contributed by atoms with Gasteiger partial charge in [0.25, 0.3) is 5.91 Å². The van der Waals surface area contributed by atoms with Gasteiger partial charge < -0.3 is 11.1 Å². The maximum atomic E-state index is 12.1. The molecule has 0 radical (unpaired) electrons. The van der Waals surface area contributed by atoms with Crippen LogP contribution in [0.5, 0.6) is 0 Å². The largest absolute Gasteiger partial charge is 0.395 e. The van der Waals surface area contributed by atoms with Crippen molar-refractivity contribution in [1.82, 2.24) is 20.5 Å². The predicted octanol–water partition coefficient (Wildman–Crippen LogP) is 1.75. The number of anilines is 1. The zero-order valence-electron chi connectivity index (χ0n) is 11.9. The van der Waals surface area contributed by atoms with Crippen molar-refractivity contribution in [2.75, 3.05) is 5.73 Å². The molecule has 106 valence electrons. The summed E-state index contributed by atoms with van der Waals surface area (Å²) in [6.45, 7) is 6.24. The van der Waals surface area contributed by atoms with Crippen LogP contribution in [0.3, 0.4) is 0 Å². The van der Waals surface area contributed by atoms with Crippen molar-refractivity contribution in [3.8, 4) is 0 Å². The van der Waals surface area contributed by atoms with Crippen LogP contribution in [0.4, 0.5) is 5.69 Å². The first kappa shape index (κ1) is 14.0. The van der Waals surface area contributed by atoms with E-state index in [1.807, 2.05) is 39.0 Å². The summed E-state index contributed by atoms with van der Waals surface area (Å²) in [5.74, 6) is -0.101. The third-order valence-corrected chi connectivity index (χ3v) is 3.00. The first-order valence-electron chi connectivity index (χ1n) is 6.53. The van der Waals surface area contributed by atoms with Gasteiger partial charge in [0.1, 0.15) is 0 Å². The molecule has 6 nitrogen and oxygen atoms in total. The topological polar surface area (TPSA) is 96.7 Å². The average Bonchev–Trinajstić information content (AvgIpc) is 2.78. The van der Waals surface area contributed by atoms with E-state index in [0.717, 1.165) is 17.1 Å². The van der Waals surface area contributed by atoms with Crippen LogP contribution in [-0.4, -0.2) is 21.1 Å². The number of nitrogens with zero attached hydrogens (tertiary/aromatic N) is 2. The van der Waals surface area contributed by atoms with E-state index in [2.05, 4.69) is 20.5 Å². The molecule has 0 spiro atoms. The first-order valence-corrected chi connectivity index (χ1v) is 6.53. The van der Waals surface area contributed by atoms with Gasteiger partial charge in [0.15, 0.2) is 5.69 Å². The summed E-state index contributed by atoms with van der Waals surface area (Å²) in [7, 11) is 0. The highest BCUT2D eigenvalue weighted by Gasteiger charge is 2.18. The third kappa shape index (κ3) is 2.96. The number of hydrogen-bond donors (Lipinski definition) is 3. The van der Waals surface area contributed by atoms with Crippen LogP contribution in [0.25, 0.3) is 0 Å². The number of H-pyrrole nitrogens is 1. The molecule has 2 heterocycles. The molecule has 2 rings (SSSR count). The molecule has 0 fully saturated rings. The number of nitrogen functional groups attached to an aromatic ring is 1. The molecule has 2 aromatic heterocycles. The van der Waals surface area contributed by atoms with Crippen LogP contribution in [-0.2, 0) is 6.54 Å². The molecule has 4 N–H and O–H groups in total. The minimum Gasteiger partial charge on any atom is -0.395 e. The van der Waals surface area contributed by atoms with E-state index < -0.39 is 0 Å². The van der Waals surface area contributed by atoms with E-state index in [1.165, 1.54) is 0 Å². The Morgan fingerprint density at radius 1 is 1.45 bits per heavy atom. The van der Waals surface area contributed by atoms with E-state index >= 15 is 0 Å². The Labute approximate surface area is 117 Å². The van der Waals surface area contributed by atoms with Crippen molar-refractivity contribution in [1.29, 1.82) is 0 Å². The van der Waals surface area contributed by atoms with Crippen LogP contribution in [0.15, 0.2) is 18.2 Å². The molecule has 0 aromatic carbocycles. The molecule has 20 heavy (non-hydrogen) atoms. The van der Waals surface area contributed by atoms with Crippen molar-refractivity contribution in [3.63, 3.8) is 0 Å². The second kappa shape index (κ2) is 5.73. The number of carbonyl (C=O) groups excluding carboxylic acids is 1. The molecule has 0 aliphatic heterocycles. The Morgan fingerprint density at radius 3 is 2.80 bits per heavy atom. The zero-order valence-corrected chi connectivity index (χ0v) is 11.9. The Bertz CT molecular complexity index is 618. The summed E-state index contributed by atoms with van der Waals surface area (Å²) in [4.78, 5) is 16.4. The molecular formula is C14H19N5O. The standard InChI is InChI=1S/C14H19N5O/c1-8(2)12-11(15)13(19-18-12)14(20)16-7-10-6-4-5-9(3)17-10/h4-6,8H,7,15H2,1-3H3,(H,16,20)(H,18,19).